The molecule has 1 saturated heterocycles. The first kappa shape index (κ1) is 12.7. The number of carbonyl (C=O) groups is 1. The number of hydrogen-bond acceptors (Lipinski definition) is 2. The van der Waals surface area contributed by atoms with E-state index < -0.39 is 5.97 Å². The molecule has 19 heavy (non-hydrogen) atoms. The van der Waals surface area contributed by atoms with Crippen LogP contribution in [0.2, 0.25) is 0 Å². The molecule has 1 aromatic carbocycles. The number of carboxylic acids is 1. The van der Waals surface area contributed by atoms with Crippen LogP contribution in [0.15, 0.2) is 24.3 Å². The molecule has 0 spiro atoms. The topological polar surface area (TPSA) is 40.5 Å². The van der Waals surface area contributed by atoms with Crippen LogP contribution in [0.3, 0.4) is 0 Å². The molecule has 1 N–H and O–H groups in total. The molecule has 1 aromatic rings. The number of rotatable bonds is 4. The minimum atomic E-state index is -0.745. The highest BCUT2D eigenvalue weighted by Crippen LogP contribution is 2.38. The van der Waals surface area contributed by atoms with E-state index in [1.54, 1.807) is 0 Å². The number of fused-ring (bicyclic) bond motifs is 1. The predicted octanol–water partition coefficient (Wildman–Crippen LogP) is 2.55. The lowest BCUT2D eigenvalue weighted by molar-refractivity contribution is -0.136. The van der Waals surface area contributed by atoms with E-state index in [4.69, 9.17) is 5.11 Å². The van der Waals surface area contributed by atoms with Crippen molar-refractivity contribution in [2.45, 2.75) is 32.2 Å². The minimum absolute atomic E-state index is 0.136. The van der Waals surface area contributed by atoms with Gasteiger partial charge in [-0.05, 0) is 35.8 Å². The normalized spacial score (nSPS) is 26.5. The molecule has 1 saturated carbocycles. The molecule has 1 aliphatic carbocycles. The second-order valence-corrected chi connectivity index (χ2v) is 5.98. The largest absolute Gasteiger partial charge is 0.481 e. The van der Waals surface area contributed by atoms with Crippen molar-refractivity contribution in [3.05, 3.63) is 35.4 Å². The Hall–Kier alpha value is -1.35. The fraction of sp³-hybridized carbons (Fsp3) is 0.562. The second kappa shape index (κ2) is 5.33. The summed E-state index contributed by atoms with van der Waals surface area (Å²) in [5.74, 6) is 1.05. The van der Waals surface area contributed by atoms with Crippen LogP contribution in [0.25, 0.3) is 0 Å². The first-order valence-electron chi connectivity index (χ1n) is 7.23. The molecule has 102 valence electrons. The van der Waals surface area contributed by atoms with E-state index >= 15 is 0 Å². The van der Waals surface area contributed by atoms with E-state index in [1.165, 1.54) is 37.9 Å². The zero-order valence-electron chi connectivity index (χ0n) is 11.2. The Kier molecular flexibility index (Phi) is 3.56. The van der Waals surface area contributed by atoms with E-state index in [1.807, 2.05) is 18.2 Å². The molecule has 3 nitrogen and oxygen atoms in total. The number of carboxylic acid groups (broad SMARTS) is 1. The molecule has 2 fully saturated rings. The van der Waals surface area contributed by atoms with Crippen LogP contribution < -0.4 is 0 Å². The van der Waals surface area contributed by atoms with Gasteiger partial charge in [-0.15, -0.1) is 0 Å². The van der Waals surface area contributed by atoms with E-state index in [-0.39, 0.29) is 6.42 Å². The van der Waals surface area contributed by atoms with Crippen LogP contribution in [0.4, 0.5) is 0 Å². The molecule has 0 bridgehead atoms. The van der Waals surface area contributed by atoms with Crippen molar-refractivity contribution in [2.75, 3.05) is 13.1 Å². The van der Waals surface area contributed by atoms with E-state index in [0.717, 1.165) is 23.9 Å². The first-order valence-corrected chi connectivity index (χ1v) is 7.23. The maximum atomic E-state index is 10.9. The van der Waals surface area contributed by atoms with Gasteiger partial charge in [-0.1, -0.05) is 30.7 Å². The van der Waals surface area contributed by atoms with Gasteiger partial charge in [0.25, 0.3) is 0 Å². The SMILES string of the molecule is O=C(O)Cc1ccccc1CN1CC2CCCC2C1. The fourth-order valence-electron chi connectivity index (χ4n) is 3.75. The highest BCUT2D eigenvalue weighted by Gasteiger charge is 2.35. The lowest BCUT2D eigenvalue weighted by Gasteiger charge is -2.18. The molecule has 3 rings (SSSR count). The standard InChI is InChI=1S/C16H21NO2/c18-16(19)8-12-4-1-2-5-13(12)9-17-10-14-6-3-7-15(14)11-17/h1-2,4-5,14-15H,3,6-11H2,(H,18,19). The van der Waals surface area contributed by atoms with Crippen molar-refractivity contribution in [3.63, 3.8) is 0 Å². The smallest absolute Gasteiger partial charge is 0.307 e. The monoisotopic (exact) mass is 259 g/mol. The summed E-state index contributed by atoms with van der Waals surface area (Å²) in [5, 5.41) is 8.97. The van der Waals surface area contributed by atoms with Crippen LogP contribution >= 0.6 is 0 Å². The molecule has 0 aromatic heterocycles. The van der Waals surface area contributed by atoms with Gasteiger partial charge < -0.3 is 5.11 Å². The summed E-state index contributed by atoms with van der Waals surface area (Å²) in [6.45, 7) is 3.31. The van der Waals surface area contributed by atoms with Gasteiger partial charge in [0, 0.05) is 19.6 Å². The number of nitrogens with zero attached hydrogens (tertiary/aromatic N) is 1. The lowest BCUT2D eigenvalue weighted by Crippen LogP contribution is -2.22. The van der Waals surface area contributed by atoms with Crippen molar-refractivity contribution in [2.24, 2.45) is 11.8 Å². The average Bonchev–Trinajstić information content (AvgIpc) is 2.91. The number of likely N-dealkylation sites (tertiary alicyclic amines) is 1. The lowest BCUT2D eigenvalue weighted by atomic mass is 10.0. The third-order valence-electron chi connectivity index (χ3n) is 4.66. The number of hydrogen-bond donors (Lipinski definition) is 1. The highest BCUT2D eigenvalue weighted by molar-refractivity contribution is 5.70. The summed E-state index contributed by atoms with van der Waals surface area (Å²) >= 11 is 0. The van der Waals surface area contributed by atoms with Crippen molar-refractivity contribution < 1.29 is 9.90 Å². The van der Waals surface area contributed by atoms with E-state index in [0.29, 0.717) is 0 Å². The minimum Gasteiger partial charge on any atom is -0.481 e. The Morgan fingerprint density at radius 1 is 1.16 bits per heavy atom. The predicted molar refractivity (Wildman–Crippen MR) is 73.9 cm³/mol. The van der Waals surface area contributed by atoms with Gasteiger partial charge >= 0.3 is 5.97 Å². The second-order valence-electron chi connectivity index (χ2n) is 5.98. The van der Waals surface area contributed by atoms with Gasteiger partial charge in [-0.25, -0.2) is 0 Å². The Labute approximate surface area is 114 Å². The van der Waals surface area contributed by atoms with Crippen molar-refractivity contribution in [1.82, 2.24) is 4.90 Å². The quantitative estimate of drug-likeness (QED) is 0.903. The van der Waals surface area contributed by atoms with Crippen LogP contribution in [-0.4, -0.2) is 29.1 Å². The summed E-state index contributed by atoms with van der Waals surface area (Å²) in [5.41, 5.74) is 2.15. The molecule has 1 aliphatic heterocycles. The van der Waals surface area contributed by atoms with Gasteiger partial charge in [0.2, 0.25) is 0 Å². The van der Waals surface area contributed by atoms with Crippen LogP contribution in [-0.2, 0) is 17.8 Å². The number of benzene rings is 1. The van der Waals surface area contributed by atoms with Gasteiger partial charge in [0.15, 0.2) is 0 Å². The van der Waals surface area contributed by atoms with Gasteiger partial charge in [0.05, 0.1) is 6.42 Å². The fourth-order valence-corrected chi connectivity index (χ4v) is 3.75. The Morgan fingerprint density at radius 2 is 1.79 bits per heavy atom. The van der Waals surface area contributed by atoms with Gasteiger partial charge in [-0.2, -0.15) is 0 Å². The zero-order valence-corrected chi connectivity index (χ0v) is 11.2. The molecule has 3 heteroatoms. The van der Waals surface area contributed by atoms with E-state index in [2.05, 4.69) is 11.0 Å². The molecule has 1 heterocycles. The molecule has 2 atom stereocenters. The summed E-state index contributed by atoms with van der Waals surface area (Å²) in [6.07, 6.45) is 4.31. The molecule has 2 aliphatic rings. The highest BCUT2D eigenvalue weighted by atomic mass is 16.4. The summed E-state index contributed by atoms with van der Waals surface area (Å²) in [6, 6.07) is 7.96. The van der Waals surface area contributed by atoms with Crippen molar-refractivity contribution in [3.8, 4) is 0 Å². The van der Waals surface area contributed by atoms with Crippen LogP contribution in [0.1, 0.15) is 30.4 Å². The van der Waals surface area contributed by atoms with Crippen molar-refractivity contribution in [1.29, 1.82) is 0 Å². The molecule has 0 radical (unpaired) electrons. The van der Waals surface area contributed by atoms with Crippen LogP contribution in [0.5, 0.6) is 0 Å². The Bertz CT molecular complexity index is 460. The molecular weight excluding hydrogens is 238 g/mol. The van der Waals surface area contributed by atoms with Gasteiger partial charge in [-0.3, -0.25) is 9.69 Å². The maximum absolute atomic E-state index is 10.9. The first-order chi connectivity index (χ1) is 9.22. The number of aliphatic carboxylic acids is 1. The zero-order chi connectivity index (χ0) is 13.2. The molecule has 0 amide bonds. The molecule has 2 unspecified atom stereocenters. The third-order valence-corrected chi connectivity index (χ3v) is 4.66. The maximum Gasteiger partial charge on any atom is 0.307 e. The Morgan fingerprint density at radius 3 is 2.42 bits per heavy atom. The summed E-state index contributed by atoms with van der Waals surface area (Å²) < 4.78 is 0. The Balaban J connectivity index is 1.68. The average molecular weight is 259 g/mol. The van der Waals surface area contributed by atoms with Crippen molar-refractivity contribution >= 4 is 5.97 Å². The van der Waals surface area contributed by atoms with Gasteiger partial charge in [0.1, 0.15) is 0 Å². The molecular formula is C16H21NO2. The van der Waals surface area contributed by atoms with E-state index in [9.17, 15) is 4.79 Å². The van der Waals surface area contributed by atoms with Crippen LogP contribution in [0, 0.1) is 11.8 Å². The summed E-state index contributed by atoms with van der Waals surface area (Å²) in [7, 11) is 0. The third kappa shape index (κ3) is 2.81. The summed E-state index contributed by atoms with van der Waals surface area (Å²) in [4.78, 5) is 13.4.